The van der Waals surface area contributed by atoms with E-state index in [1.165, 1.54) is 25.7 Å². The van der Waals surface area contributed by atoms with Crippen LogP contribution in [0, 0.1) is 17.2 Å². The lowest BCUT2D eigenvalue weighted by Crippen LogP contribution is -2.52. The van der Waals surface area contributed by atoms with Crippen LogP contribution in [0.25, 0.3) is 0 Å². The number of hydrogen-bond donors (Lipinski definition) is 1. The number of nitrogens with one attached hydrogen (secondary N) is 1. The summed E-state index contributed by atoms with van der Waals surface area (Å²) in [7, 11) is 0. The zero-order chi connectivity index (χ0) is 14.4. The van der Waals surface area contributed by atoms with Crippen molar-refractivity contribution in [1.82, 2.24) is 10.2 Å². The van der Waals surface area contributed by atoms with E-state index in [0.29, 0.717) is 6.54 Å². The highest BCUT2D eigenvalue weighted by molar-refractivity contribution is 5.79. The Balaban J connectivity index is 1.79. The zero-order valence-corrected chi connectivity index (χ0v) is 12.7. The Morgan fingerprint density at radius 1 is 1.30 bits per heavy atom. The lowest BCUT2D eigenvalue weighted by molar-refractivity contribution is -0.124. The van der Waals surface area contributed by atoms with E-state index in [-0.39, 0.29) is 5.91 Å². The van der Waals surface area contributed by atoms with Crippen molar-refractivity contribution in [2.24, 2.45) is 5.92 Å². The normalized spacial score (nSPS) is 24.0. The summed E-state index contributed by atoms with van der Waals surface area (Å²) in [4.78, 5) is 14.4. The fourth-order valence-electron chi connectivity index (χ4n) is 3.48. The van der Waals surface area contributed by atoms with Gasteiger partial charge in [-0.2, -0.15) is 5.26 Å². The minimum absolute atomic E-state index is 0.0309. The molecule has 0 aromatic heterocycles. The number of piperidine rings is 1. The number of nitriles is 1. The second-order valence-corrected chi connectivity index (χ2v) is 6.43. The smallest absolute Gasteiger partial charge is 0.235 e. The van der Waals surface area contributed by atoms with Gasteiger partial charge in [0.15, 0.2) is 0 Å². The minimum Gasteiger partial charge on any atom is -0.337 e. The van der Waals surface area contributed by atoms with Gasteiger partial charge in [0, 0.05) is 0 Å². The van der Waals surface area contributed by atoms with Gasteiger partial charge in [-0.05, 0) is 44.7 Å². The number of nitrogens with zero attached hydrogens (tertiary/aromatic N) is 2. The van der Waals surface area contributed by atoms with Gasteiger partial charge >= 0.3 is 0 Å². The molecule has 1 heterocycles. The first-order chi connectivity index (χ1) is 9.67. The van der Waals surface area contributed by atoms with Crippen molar-refractivity contribution < 1.29 is 4.79 Å². The van der Waals surface area contributed by atoms with E-state index in [1.54, 1.807) is 0 Å². The summed E-state index contributed by atoms with van der Waals surface area (Å²) in [5, 5.41) is 12.4. The van der Waals surface area contributed by atoms with Gasteiger partial charge < -0.3 is 5.32 Å². The molecule has 4 heteroatoms. The molecule has 0 radical (unpaired) electrons. The monoisotopic (exact) mass is 277 g/mol. The zero-order valence-electron chi connectivity index (χ0n) is 12.7. The van der Waals surface area contributed by atoms with Crippen molar-refractivity contribution in [1.29, 1.82) is 5.26 Å². The molecule has 2 fully saturated rings. The largest absolute Gasteiger partial charge is 0.337 e. The summed E-state index contributed by atoms with van der Waals surface area (Å²) in [6.45, 7) is 4.74. The van der Waals surface area contributed by atoms with Gasteiger partial charge in [-0.15, -0.1) is 0 Å². The van der Waals surface area contributed by atoms with Crippen LogP contribution in [0.3, 0.4) is 0 Å². The Hall–Kier alpha value is -1.08. The summed E-state index contributed by atoms with van der Waals surface area (Å²) in [5.41, 5.74) is -0.586. The molecule has 2 aliphatic rings. The van der Waals surface area contributed by atoms with E-state index < -0.39 is 5.54 Å². The Morgan fingerprint density at radius 2 is 1.95 bits per heavy atom. The third-order valence-corrected chi connectivity index (χ3v) is 4.95. The highest BCUT2D eigenvalue weighted by Crippen LogP contribution is 2.27. The molecule has 0 unspecified atom stereocenters. The molecular weight excluding hydrogens is 250 g/mol. The molecule has 1 saturated heterocycles. The van der Waals surface area contributed by atoms with E-state index in [1.807, 2.05) is 0 Å². The minimum atomic E-state index is -0.586. The molecule has 1 aliphatic heterocycles. The standard InChI is InChI=1S/C16H27N3O/c1-2-14-6-10-19(11-7-14)12-15(20)18-16(13-17)8-4-3-5-9-16/h14H,2-12H2,1H3,(H,18,20). The van der Waals surface area contributed by atoms with Crippen LogP contribution >= 0.6 is 0 Å². The average molecular weight is 277 g/mol. The SMILES string of the molecule is CCC1CCN(CC(=O)NC2(C#N)CCCCC2)CC1. The van der Waals surface area contributed by atoms with Crippen LogP contribution in [0.5, 0.6) is 0 Å². The van der Waals surface area contributed by atoms with Crippen LogP contribution in [-0.2, 0) is 4.79 Å². The van der Waals surface area contributed by atoms with E-state index in [9.17, 15) is 10.1 Å². The molecule has 20 heavy (non-hydrogen) atoms. The molecule has 0 aromatic carbocycles. The molecule has 0 spiro atoms. The molecule has 4 nitrogen and oxygen atoms in total. The van der Waals surface area contributed by atoms with E-state index >= 15 is 0 Å². The Bertz CT molecular complexity index is 360. The maximum atomic E-state index is 12.2. The van der Waals surface area contributed by atoms with E-state index in [4.69, 9.17) is 0 Å². The average Bonchev–Trinajstić information content (AvgIpc) is 2.49. The van der Waals surface area contributed by atoms with Crippen LogP contribution in [0.1, 0.15) is 58.3 Å². The second-order valence-electron chi connectivity index (χ2n) is 6.43. The summed E-state index contributed by atoms with van der Waals surface area (Å²) in [6.07, 6.45) is 8.56. The topological polar surface area (TPSA) is 56.1 Å². The van der Waals surface area contributed by atoms with Crippen LogP contribution in [0.15, 0.2) is 0 Å². The lowest BCUT2D eigenvalue weighted by Gasteiger charge is -2.34. The predicted molar refractivity (Wildman–Crippen MR) is 79.0 cm³/mol. The van der Waals surface area contributed by atoms with Gasteiger partial charge in [0.05, 0.1) is 12.6 Å². The van der Waals surface area contributed by atoms with Gasteiger partial charge in [0.1, 0.15) is 5.54 Å². The molecular formula is C16H27N3O. The van der Waals surface area contributed by atoms with Gasteiger partial charge in [-0.3, -0.25) is 9.69 Å². The second kappa shape index (κ2) is 7.08. The third-order valence-electron chi connectivity index (χ3n) is 4.95. The predicted octanol–water partition coefficient (Wildman–Crippen LogP) is 2.45. The third kappa shape index (κ3) is 3.96. The molecule has 0 bridgehead atoms. The van der Waals surface area contributed by atoms with Gasteiger partial charge in [-0.25, -0.2) is 0 Å². The van der Waals surface area contributed by atoms with Crippen molar-refractivity contribution >= 4 is 5.91 Å². The number of amides is 1. The molecule has 0 atom stereocenters. The number of carbonyl (C=O) groups excluding carboxylic acids is 1. The van der Waals surface area contributed by atoms with Crippen LogP contribution in [0.4, 0.5) is 0 Å². The first-order valence-corrected chi connectivity index (χ1v) is 8.12. The lowest BCUT2D eigenvalue weighted by atomic mass is 9.83. The number of hydrogen-bond acceptors (Lipinski definition) is 3. The Kier molecular flexibility index (Phi) is 5.42. The van der Waals surface area contributed by atoms with Crippen LogP contribution in [0.2, 0.25) is 0 Å². The van der Waals surface area contributed by atoms with Gasteiger partial charge in [0.2, 0.25) is 5.91 Å². The Morgan fingerprint density at radius 3 is 2.50 bits per heavy atom. The first-order valence-electron chi connectivity index (χ1n) is 8.12. The van der Waals surface area contributed by atoms with Crippen molar-refractivity contribution in [3.63, 3.8) is 0 Å². The number of likely N-dealkylation sites (tertiary alicyclic amines) is 1. The Labute approximate surface area is 122 Å². The van der Waals surface area contributed by atoms with Crippen molar-refractivity contribution in [2.75, 3.05) is 19.6 Å². The van der Waals surface area contributed by atoms with Gasteiger partial charge in [0.25, 0.3) is 0 Å². The van der Waals surface area contributed by atoms with Crippen molar-refractivity contribution in [2.45, 2.75) is 63.8 Å². The first kappa shape index (κ1) is 15.3. The molecule has 2 rings (SSSR count). The van der Waals surface area contributed by atoms with E-state index in [2.05, 4.69) is 23.2 Å². The summed E-state index contributed by atoms with van der Waals surface area (Å²) >= 11 is 0. The maximum absolute atomic E-state index is 12.2. The van der Waals surface area contributed by atoms with Crippen LogP contribution in [-0.4, -0.2) is 36.0 Å². The molecule has 112 valence electrons. The molecule has 1 amide bonds. The van der Waals surface area contributed by atoms with Crippen LogP contribution < -0.4 is 5.32 Å². The number of carbonyl (C=O) groups is 1. The number of rotatable bonds is 4. The van der Waals surface area contributed by atoms with Gasteiger partial charge in [-0.1, -0.05) is 32.6 Å². The molecule has 1 N–H and O–H groups in total. The van der Waals surface area contributed by atoms with Crippen molar-refractivity contribution in [3.8, 4) is 6.07 Å². The van der Waals surface area contributed by atoms with E-state index in [0.717, 1.165) is 44.7 Å². The maximum Gasteiger partial charge on any atom is 0.235 e. The summed E-state index contributed by atoms with van der Waals surface area (Å²) < 4.78 is 0. The van der Waals surface area contributed by atoms with Crippen molar-refractivity contribution in [3.05, 3.63) is 0 Å². The quantitative estimate of drug-likeness (QED) is 0.858. The molecule has 1 saturated carbocycles. The molecule has 1 aliphatic carbocycles. The summed E-state index contributed by atoms with van der Waals surface area (Å²) in [5.74, 6) is 0.863. The fourth-order valence-corrected chi connectivity index (χ4v) is 3.48. The molecule has 0 aromatic rings. The summed E-state index contributed by atoms with van der Waals surface area (Å²) in [6, 6.07) is 2.35. The highest BCUT2D eigenvalue weighted by Gasteiger charge is 2.34. The fraction of sp³-hybridized carbons (Fsp3) is 0.875. The highest BCUT2D eigenvalue weighted by atomic mass is 16.2.